The minimum atomic E-state index is -0.0669. The lowest BCUT2D eigenvalue weighted by atomic mass is 9.99. The van der Waals surface area contributed by atoms with Crippen molar-refractivity contribution in [3.8, 4) is 0 Å². The van der Waals surface area contributed by atoms with Gasteiger partial charge in [-0.25, -0.2) is 4.98 Å². The summed E-state index contributed by atoms with van der Waals surface area (Å²) < 4.78 is 0. The van der Waals surface area contributed by atoms with Crippen molar-refractivity contribution in [3.63, 3.8) is 0 Å². The van der Waals surface area contributed by atoms with Gasteiger partial charge >= 0.3 is 0 Å². The molecule has 4 N–H and O–H groups in total. The zero-order valence-electron chi connectivity index (χ0n) is 11.8. The van der Waals surface area contributed by atoms with Crippen molar-refractivity contribution in [2.45, 2.75) is 26.2 Å². The molecule has 1 unspecified atom stereocenters. The number of nitrogen functional groups attached to an aromatic ring is 1. The molecule has 0 spiro atoms. The molecule has 1 aliphatic heterocycles. The summed E-state index contributed by atoms with van der Waals surface area (Å²) in [4.78, 5) is 18.9. The highest BCUT2D eigenvalue weighted by Crippen LogP contribution is 2.28. The number of rotatable bonds is 5. The summed E-state index contributed by atoms with van der Waals surface area (Å²) in [7, 11) is 0. The summed E-state index contributed by atoms with van der Waals surface area (Å²) in [6, 6.07) is 0. The summed E-state index contributed by atoms with van der Waals surface area (Å²) in [5.41, 5.74) is 5.85. The molecule has 1 aromatic rings. The predicted octanol–water partition coefficient (Wildman–Crippen LogP) is 1.39. The van der Waals surface area contributed by atoms with Crippen LogP contribution in [0.3, 0.4) is 0 Å². The van der Waals surface area contributed by atoms with Crippen LogP contribution in [0.25, 0.3) is 0 Å². The van der Waals surface area contributed by atoms with Gasteiger partial charge in [-0.05, 0) is 25.2 Å². The number of nitrogens with one attached hydrogen (secondary N) is 1. The number of hydrogen-bond acceptors (Lipinski definition) is 6. The van der Waals surface area contributed by atoms with Crippen molar-refractivity contribution in [2.75, 3.05) is 37.3 Å². The maximum absolute atomic E-state index is 12.5. The number of piperidine rings is 1. The van der Waals surface area contributed by atoms with Gasteiger partial charge < -0.3 is 21.1 Å². The Hall–Kier alpha value is -1.34. The van der Waals surface area contributed by atoms with E-state index in [9.17, 15) is 9.90 Å². The number of carbonyl (C=O) groups excluding carboxylic acids is 1. The zero-order valence-corrected chi connectivity index (χ0v) is 12.6. The van der Waals surface area contributed by atoms with E-state index in [1.54, 1.807) is 4.90 Å². The van der Waals surface area contributed by atoms with Gasteiger partial charge in [-0.2, -0.15) is 0 Å². The number of thiazole rings is 1. The fraction of sp³-hybridized carbons (Fsp3) is 0.692. The second-order valence-electron chi connectivity index (χ2n) is 5.10. The molecule has 0 aromatic carbocycles. The third kappa shape index (κ3) is 3.40. The molecular weight excluding hydrogens is 276 g/mol. The van der Waals surface area contributed by atoms with Crippen LogP contribution in [0.5, 0.6) is 0 Å². The van der Waals surface area contributed by atoms with Crippen LogP contribution in [-0.2, 0) is 0 Å². The molecule has 2 heterocycles. The van der Waals surface area contributed by atoms with Gasteiger partial charge in [-0.15, -0.1) is 0 Å². The average molecular weight is 298 g/mol. The summed E-state index contributed by atoms with van der Waals surface area (Å²) in [5.74, 6) is 0.409. The van der Waals surface area contributed by atoms with Crippen molar-refractivity contribution in [1.82, 2.24) is 9.88 Å². The van der Waals surface area contributed by atoms with E-state index in [0.717, 1.165) is 32.4 Å². The highest BCUT2D eigenvalue weighted by molar-refractivity contribution is 7.18. The van der Waals surface area contributed by atoms with Crippen LogP contribution < -0.4 is 11.1 Å². The SMILES string of the molecule is CCCNc1nc(N)c(C(=O)N2CCCC(CO)C2)s1. The number of hydrogen-bond donors (Lipinski definition) is 3. The third-order valence-corrected chi connectivity index (χ3v) is 4.46. The number of nitrogens with two attached hydrogens (primary N) is 1. The Bertz CT molecular complexity index is 463. The monoisotopic (exact) mass is 298 g/mol. The highest BCUT2D eigenvalue weighted by Gasteiger charge is 2.27. The number of carbonyl (C=O) groups is 1. The van der Waals surface area contributed by atoms with Gasteiger partial charge in [-0.3, -0.25) is 4.79 Å². The number of likely N-dealkylation sites (tertiary alicyclic amines) is 1. The molecule has 0 aliphatic carbocycles. The molecule has 0 saturated carbocycles. The van der Waals surface area contributed by atoms with Crippen molar-refractivity contribution in [1.29, 1.82) is 0 Å². The number of anilines is 2. The van der Waals surface area contributed by atoms with E-state index in [1.165, 1.54) is 11.3 Å². The Morgan fingerprint density at radius 1 is 1.65 bits per heavy atom. The third-order valence-electron chi connectivity index (χ3n) is 3.44. The van der Waals surface area contributed by atoms with E-state index in [2.05, 4.69) is 17.2 Å². The Morgan fingerprint density at radius 2 is 2.45 bits per heavy atom. The van der Waals surface area contributed by atoms with Gasteiger partial charge in [-0.1, -0.05) is 18.3 Å². The normalized spacial score (nSPS) is 19.1. The molecule has 1 aromatic heterocycles. The lowest BCUT2D eigenvalue weighted by Gasteiger charge is -2.31. The van der Waals surface area contributed by atoms with Gasteiger partial charge in [0.2, 0.25) is 0 Å². The fourth-order valence-electron chi connectivity index (χ4n) is 2.33. The first-order valence-electron chi connectivity index (χ1n) is 7.06. The highest BCUT2D eigenvalue weighted by atomic mass is 32.1. The van der Waals surface area contributed by atoms with Crippen LogP contribution in [0.2, 0.25) is 0 Å². The first-order valence-corrected chi connectivity index (χ1v) is 7.87. The second kappa shape index (κ2) is 6.90. The van der Waals surface area contributed by atoms with Crippen molar-refractivity contribution in [3.05, 3.63) is 4.88 Å². The van der Waals surface area contributed by atoms with Crippen molar-refractivity contribution < 1.29 is 9.90 Å². The fourth-order valence-corrected chi connectivity index (χ4v) is 3.21. The molecule has 6 nitrogen and oxygen atoms in total. The van der Waals surface area contributed by atoms with Gasteiger partial charge in [0, 0.05) is 26.2 Å². The minimum absolute atomic E-state index is 0.0669. The first kappa shape index (κ1) is 15.1. The number of aliphatic hydroxyl groups is 1. The van der Waals surface area contributed by atoms with E-state index >= 15 is 0 Å². The minimum Gasteiger partial charge on any atom is -0.396 e. The topological polar surface area (TPSA) is 91.5 Å². The summed E-state index contributed by atoms with van der Waals surface area (Å²) in [6.07, 6.45) is 2.89. The Morgan fingerprint density at radius 3 is 3.15 bits per heavy atom. The van der Waals surface area contributed by atoms with Crippen LogP contribution in [0.1, 0.15) is 35.9 Å². The largest absolute Gasteiger partial charge is 0.396 e. The quantitative estimate of drug-likeness (QED) is 0.764. The van der Waals surface area contributed by atoms with Crippen molar-refractivity contribution in [2.24, 2.45) is 5.92 Å². The number of nitrogens with zero attached hydrogens (tertiary/aromatic N) is 2. The predicted molar refractivity (Wildman–Crippen MR) is 81.0 cm³/mol. The molecule has 2 rings (SSSR count). The molecule has 0 bridgehead atoms. The summed E-state index contributed by atoms with van der Waals surface area (Å²) in [5, 5.41) is 13.1. The molecule has 0 radical (unpaired) electrons. The van der Waals surface area contributed by atoms with Crippen LogP contribution in [0.15, 0.2) is 0 Å². The van der Waals surface area contributed by atoms with E-state index in [4.69, 9.17) is 5.73 Å². The average Bonchev–Trinajstić information content (AvgIpc) is 2.85. The molecule has 112 valence electrons. The Kier molecular flexibility index (Phi) is 5.19. The van der Waals surface area contributed by atoms with Crippen LogP contribution in [-0.4, -0.2) is 47.1 Å². The van der Waals surface area contributed by atoms with Gasteiger partial charge in [0.25, 0.3) is 5.91 Å². The Labute approximate surface area is 123 Å². The molecule has 7 heteroatoms. The number of amides is 1. The lowest BCUT2D eigenvalue weighted by molar-refractivity contribution is 0.0626. The van der Waals surface area contributed by atoms with E-state index in [0.29, 0.717) is 22.4 Å². The maximum atomic E-state index is 12.5. The van der Waals surface area contributed by atoms with Gasteiger partial charge in [0.15, 0.2) is 5.13 Å². The molecular formula is C13H22N4O2S. The first-order chi connectivity index (χ1) is 9.65. The van der Waals surface area contributed by atoms with Gasteiger partial charge in [0.1, 0.15) is 10.7 Å². The van der Waals surface area contributed by atoms with Crippen LogP contribution >= 0.6 is 11.3 Å². The molecule has 1 fully saturated rings. The molecule has 1 atom stereocenters. The molecule has 1 amide bonds. The number of aliphatic hydroxyl groups excluding tert-OH is 1. The van der Waals surface area contributed by atoms with Crippen LogP contribution in [0.4, 0.5) is 10.9 Å². The number of aromatic nitrogens is 1. The van der Waals surface area contributed by atoms with E-state index in [-0.39, 0.29) is 18.4 Å². The lowest BCUT2D eigenvalue weighted by Crippen LogP contribution is -2.40. The second-order valence-corrected chi connectivity index (χ2v) is 6.10. The van der Waals surface area contributed by atoms with Crippen molar-refractivity contribution >= 4 is 28.2 Å². The molecule has 1 aliphatic rings. The van der Waals surface area contributed by atoms with E-state index in [1.807, 2.05) is 0 Å². The standard InChI is InChI=1S/C13H22N4O2S/c1-2-5-15-13-16-11(14)10(20-13)12(19)17-6-3-4-9(7-17)8-18/h9,18H,2-8,14H2,1H3,(H,15,16). The van der Waals surface area contributed by atoms with Gasteiger partial charge in [0.05, 0.1) is 0 Å². The summed E-state index contributed by atoms with van der Waals surface area (Å²) in [6.45, 7) is 4.34. The molecule has 20 heavy (non-hydrogen) atoms. The van der Waals surface area contributed by atoms with E-state index < -0.39 is 0 Å². The molecule has 1 saturated heterocycles. The smallest absolute Gasteiger partial charge is 0.267 e. The summed E-state index contributed by atoms with van der Waals surface area (Å²) >= 11 is 1.31. The van der Waals surface area contributed by atoms with Crippen LogP contribution in [0, 0.1) is 5.92 Å². The Balaban J connectivity index is 2.06. The zero-order chi connectivity index (χ0) is 14.5. The maximum Gasteiger partial charge on any atom is 0.267 e.